The van der Waals surface area contributed by atoms with Crippen LogP contribution in [0.3, 0.4) is 0 Å². The van der Waals surface area contributed by atoms with Gasteiger partial charge in [0.2, 0.25) is 0 Å². The van der Waals surface area contributed by atoms with Crippen LogP contribution in [0.4, 0.5) is 14.6 Å². The van der Waals surface area contributed by atoms with Crippen LogP contribution in [0.1, 0.15) is 23.0 Å². The Morgan fingerprint density at radius 1 is 1.29 bits per heavy atom. The third-order valence-corrected chi connectivity index (χ3v) is 2.87. The first-order valence-electron chi connectivity index (χ1n) is 6.99. The molecule has 1 aromatic heterocycles. The maximum atomic E-state index is 12.4. The summed E-state index contributed by atoms with van der Waals surface area (Å²) < 4.78 is 34.4. The number of ether oxygens (including phenoxy) is 2. The lowest BCUT2D eigenvalue weighted by atomic mass is 10.2. The van der Waals surface area contributed by atoms with Gasteiger partial charge in [0.05, 0.1) is 19.0 Å². The van der Waals surface area contributed by atoms with E-state index in [2.05, 4.69) is 20.0 Å². The SMILES string of the molecule is CCOc1cc(CNc2cnc(C(=O)O)cn2)ccc1OC(F)F. The maximum Gasteiger partial charge on any atom is 0.387 e. The summed E-state index contributed by atoms with van der Waals surface area (Å²) in [4.78, 5) is 18.3. The molecule has 128 valence electrons. The van der Waals surface area contributed by atoms with Crippen molar-refractivity contribution in [3.63, 3.8) is 0 Å². The van der Waals surface area contributed by atoms with Crippen LogP contribution in [0.2, 0.25) is 0 Å². The highest BCUT2D eigenvalue weighted by molar-refractivity contribution is 5.84. The summed E-state index contributed by atoms with van der Waals surface area (Å²) >= 11 is 0. The molecule has 24 heavy (non-hydrogen) atoms. The van der Waals surface area contributed by atoms with E-state index in [1.165, 1.54) is 12.3 Å². The predicted molar refractivity (Wildman–Crippen MR) is 80.6 cm³/mol. The molecule has 2 N–H and O–H groups in total. The smallest absolute Gasteiger partial charge is 0.387 e. The lowest BCUT2D eigenvalue weighted by molar-refractivity contribution is -0.0514. The van der Waals surface area contributed by atoms with Crippen LogP contribution in [0.15, 0.2) is 30.6 Å². The molecule has 0 amide bonds. The van der Waals surface area contributed by atoms with E-state index in [1.807, 2.05) is 0 Å². The second-order valence-electron chi connectivity index (χ2n) is 4.54. The number of hydrogen-bond donors (Lipinski definition) is 2. The van der Waals surface area contributed by atoms with Crippen molar-refractivity contribution in [3.8, 4) is 11.5 Å². The van der Waals surface area contributed by atoms with Crippen molar-refractivity contribution < 1.29 is 28.2 Å². The minimum Gasteiger partial charge on any atom is -0.490 e. The summed E-state index contributed by atoms with van der Waals surface area (Å²) in [7, 11) is 0. The number of hydrogen-bond acceptors (Lipinski definition) is 6. The van der Waals surface area contributed by atoms with E-state index in [0.717, 1.165) is 11.8 Å². The number of rotatable bonds is 8. The first kappa shape index (κ1) is 17.4. The van der Waals surface area contributed by atoms with Crippen LogP contribution in [0, 0.1) is 0 Å². The van der Waals surface area contributed by atoms with Gasteiger partial charge in [0.1, 0.15) is 5.82 Å². The van der Waals surface area contributed by atoms with Gasteiger partial charge in [0.15, 0.2) is 17.2 Å². The molecule has 2 aromatic rings. The van der Waals surface area contributed by atoms with Gasteiger partial charge in [-0.3, -0.25) is 0 Å². The van der Waals surface area contributed by atoms with Crippen LogP contribution in [-0.4, -0.2) is 34.3 Å². The fourth-order valence-electron chi connectivity index (χ4n) is 1.85. The molecule has 2 rings (SSSR count). The highest BCUT2D eigenvalue weighted by atomic mass is 19.3. The Balaban J connectivity index is 2.06. The van der Waals surface area contributed by atoms with E-state index in [4.69, 9.17) is 9.84 Å². The summed E-state index contributed by atoms with van der Waals surface area (Å²) in [6.45, 7) is -0.581. The molecule has 7 nitrogen and oxygen atoms in total. The van der Waals surface area contributed by atoms with Gasteiger partial charge in [-0.2, -0.15) is 8.78 Å². The lowest BCUT2D eigenvalue weighted by Gasteiger charge is -2.13. The number of nitrogens with one attached hydrogen (secondary N) is 1. The van der Waals surface area contributed by atoms with E-state index in [0.29, 0.717) is 19.0 Å². The van der Waals surface area contributed by atoms with Gasteiger partial charge in [0, 0.05) is 6.54 Å². The van der Waals surface area contributed by atoms with Gasteiger partial charge >= 0.3 is 12.6 Å². The molecule has 0 radical (unpaired) electrons. The average molecular weight is 339 g/mol. The van der Waals surface area contributed by atoms with Gasteiger partial charge < -0.3 is 19.9 Å². The number of carboxylic acid groups (broad SMARTS) is 1. The highest BCUT2D eigenvalue weighted by Crippen LogP contribution is 2.30. The molecule has 0 bridgehead atoms. The largest absolute Gasteiger partial charge is 0.490 e. The molecule has 9 heteroatoms. The minimum atomic E-state index is -2.93. The molecule has 1 heterocycles. The molecular weight excluding hydrogens is 324 g/mol. The number of alkyl halides is 2. The van der Waals surface area contributed by atoms with Gasteiger partial charge in [-0.05, 0) is 24.6 Å². The molecule has 0 unspecified atom stereocenters. The Morgan fingerprint density at radius 3 is 2.67 bits per heavy atom. The molecule has 1 aromatic carbocycles. The van der Waals surface area contributed by atoms with Gasteiger partial charge in [-0.1, -0.05) is 6.07 Å². The van der Waals surface area contributed by atoms with Crippen molar-refractivity contribution in [1.82, 2.24) is 9.97 Å². The third kappa shape index (κ3) is 4.77. The summed E-state index contributed by atoms with van der Waals surface area (Å²) in [5.41, 5.74) is 0.580. The van der Waals surface area contributed by atoms with Crippen molar-refractivity contribution >= 4 is 11.8 Å². The van der Waals surface area contributed by atoms with Crippen LogP contribution < -0.4 is 14.8 Å². The topological polar surface area (TPSA) is 93.6 Å². The first-order valence-corrected chi connectivity index (χ1v) is 6.99. The Hall–Kier alpha value is -2.97. The standard InChI is InChI=1S/C15H15F2N3O4/c1-2-23-12-5-9(3-4-11(12)24-15(16)17)6-19-13-8-18-10(7-20-13)14(21)22/h3-5,7-8,15H,2,6H2,1H3,(H,19,20)(H,21,22). The number of benzene rings is 1. The number of anilines is 1. The Labute approximate surface area is 136 Å². The Morgan fingerprint density at radius 2 is 2.08 bits per heavy atom. The summed E-state index contributed by atoms with van der Waals surface area (Å²) in [6, 6.07) is 4.58. The number of aromatic carboxylic acids is 1. The number of nitrogens with zero attached hydrogens (tertiary/aromatic N) is 2. The van der Waals surface area contributed by atoms with Crippen molar-refractivity contribution in [2.75, 3.05) is 11.9 Å². The maximum absolute atomic E-state index is 12.4. The summed E-state index contributed by atoms with van der Waals surface area (Å²) in [5.74, 6) is -0.610. The molecule has 0 fully saturated rings. The first-order chi connectivity index (χ1) is 11.5. The van der Waals surface area contributed by atoms with Gasteiger partial charge in [-0.25, -0.2) is 14.8 Å². The molecule has 0 spiro atoms. The number of carbonyl (C=O) groups is 1. The fourth-order valence-corrected chi connectivity index (χ4v) is 1.85. The zero-order valence-electron chi connectivity index (χ0n) is 12.7. The minimum absolute atomic E-state index is 0.0406. The average Bonchev–Trinajstić information content (AvgIpc) is 2.55. The molecular formula is C15H15F2N3O4. The molecule has 0 saturated carbocycles. The number of carboxylic acids is 1. The Kier molecular flexibility index (Phi) is 5.83. The molecule has 0 aliphatic heterocycles. The normalized spacial score (nSPS) is 10.5. The van der Waals surface area contributed by atoms with Crippen molar-refractivity contribution in [3.05, 3.63) is 41.9 Å². The highest BCUT2D eigenvalue weighted by Gasteiger charge is 2.12. The van der Waals surface area contributed by atoms with E-state index in [9.17, 15) is 13.6 Å². The van der Waals surface area contributed by atoms with Crippen molar-refractivity contribution in [2.24, 2.45) is 0 Å². The third-order valence-electron chi connectivity index (χ3n) is 2.87. The van der Waals surface area contributed by atoms with Gasteiger partial charge in [-0.15, -0.1) is 0 Å². The van der Waals surface area contributed by atoms with Crippen LogP contribution in [-0.2, 0) is 6.54 Å². The zero-order valence-corrected chi connectivity index (χ0v) is 12.7. The quantitative estimate of drug-likeness (QED) is 0.764. The fraction of sp³-hybridized carbons (Fsp3) is 0.267. The van der Waals surface area contributed by atoms with Crippen LogP contribution in [0.5, 0.6) is 11.5 Å². The summed E-state index contributed by atoms with van der Waals surface area (Å²) in [6.07, 6.45) is 2.43. The number of halogens is 2. The zero-order chi connectivity index (χ0) is 17.5. The van der Waals surface area contributed by atoms with Crippen molar-refractivity contribution in [2.45, 2.75) is 20.1 Å². The molecule has 0 aliphatic rings. The Bertz CT molecular complexity index is 696. The van der Waals surface area contributed by atoms with E-state index >= 15 is 0 Å². The second kappa shape index (κ2) is 8.04. The van der Waals surface area contributed by atoms with Gasteiger partial charge in [0.25, 0.3) is 0 Å². The summed E-state index contributed by atoms with van der Waals surface area (Å²) in [5, 5.41) is 11.7. The van der Waals surface area contributed by atoms with E-state index in [1.54, 1.807) is 19.1 Å². The predicted octanol–water partition coefficient (Wildman–Crippen LogP) is 2.79. The molecule has 0 atom stereocenters. The van der Waals surface area contributed by atoms with Crippen LogP contribution >= 0.6 is 0 Å². The van der Waals surface area contributed by atoms with E-state index < -0.39 is 12.6 Å². The van der Waals surface area contributed by atoms with E-state index in [-0.39, 0.29) is 17.2 Å². The molecule has 0 saturated heterocycles. The number of aromatic nitrogens is 2. The molecule has 0 aliphatic carbocycles. The van der Waals surface area contributed by atoms with Crippen molar-refractivity contribution in [1.29, 1.82) is 0 Å². The monoisotopic (exact) mass is 339 g/mol. The second-order valence-corrected chi connectivity index (χ2v) is 4.54. The lowest BCUT2D eigenvalue weighted by Crippen LogP contribution is -2.07. The van der Waals surface area contributed by atoms with Crippen LogP contribution in [0.25, 0.3) is 0 Å².